The molecular weight excluding hydrogens is 504 g/mol. The number of carbonyl (C=O) groups is 5. The second kappa shape index (κ2) is 26.8. The van der Waals surface area contributed by atoms with Gasteiger partial charge in [0.1, 0.15) is 12.1 Å². The van der Waals surface area contributed by atoms with E-state index in [9.17, 15) is 24.0 Å². The summed E-state index contributed by atoms with van der Waals surface area (Å²) in [4.78, 5) is 60.8. The predicted molar refractivity (Wildman–Crippen MR) is 153 cm³/mol. The summed E-state index contributed by atoms with van der Waals surface area (Å²) < 4.78 is 0. The van der Waals surface area contributed by atoms with Crippen LogP contribution in [0.25, 0.3) is 0 Å². The lowest BCUT2D eigenvalue weighted by Crippen LogP contribution is -2.53. The maximum atomic E-state index is 12.6. The molecule has 0 aliphatic rings. The fourth-order valence-corrected chi connectivity index (χ4v) is 3.18. The summed E-state index contributed by atoms with van der Waals surface area (Å²) >= 11 is 0. The molecule has 0 radical (unpaired) electrons. The third-order valence-corrected chi connectivity index (χ3v) is 5.49. The van der Waals surface area contributed by atoms with Crippen LogP contribution in [-0.2, 0) is 24.0 Å². The van der Waals surface area contributed by atoms with Crippen LogP contribution in [0.15, 0.2) is 0 Å². The molecule has 0 aromatic rings. The Morgan fingerprint density at radius 2 is 1.03 bits per heavy atom. The van der Waals surface area contributed by atoms with Crippen LogP contribution in [0.1, 0.15) is 85.0 Å². The van der Waals surface area contributed by atoms with E-state index >= 15 is 0 Å². The van der Waals surface area contributed by atoms with Gasteiger partial charge in [-0.05, 0) is 71.0 Å². The molecule has 0 rings (SSSR count). The molecule has 0 spiro atoms. The number of carbonyl (C=O) groups excluding carboxylic acids is 5. The Hall–Kier alpha value is -2.77. The van der Waals surface area contributed by atoms with E-state index in [2.05, 4.69) is 33.5 Å². The van der Waals surface area contributed by atoms with Crippen molar-refractivity contribution in [2.45, 2.75) is 97.1 Å². The van der Waals surface area contributed by atoms with Crippen LogP contribution in [0.5, 0.6) is 0 Å². The van der Waals surface area contributed by atoms with Crippen LogP contribution in [0, 0.1) is 0 Å². The summed E-state index contributed by atoms with van der Waals surface area (Å²) in [6.07, 6.45) is 6.85. The average molecular weight is 559 g/mol. The number of hydrogen-bond acceptors (Lipinski definition) is 8. The molecule has 0 aromatic carbocycles. The zero-order chi connectivity index (χ0) is 29.9. The summed E-state index contributed by atoms with van der Waals surface area (Å²) in [5.74, 6) is -2.11. The van der Waals surface area contributed by atoms with Crippen LogP contribution in [0.3, 0.4) is 0 Å². The van der Waals surface area contributed by atoms with Gasteiger partial charge >= 0.3 is 0 Å². The Labute approximate surface area is 233 Å². The highest BCUT2D eigenvalue weighted by Crippen LogP contribution is 2.02. The first kappa shape index (κ1) is 38.4. The fourth-order valence-electron chi connectivity index (χ4n) is 3.18. The standard InChI is InChI=1S/C22H43N7O5.C4H11N/c1-3-13-25-21(33)16(9-5-7-11-23)28-20(32)15-27-22(34)17(10-6-8-12-24)29-19(31)14-26-18(30)4-2;1-2-3-4-5/h16-17H,3-15,23-24H2,1-2H3,(H,25,33)(H,26,30)(H,27,34)(H,28,32)(H,29,31);2-5H2,1H3/t16-,17?;/m0./s1. The van der Waals surface area contributed by atoms with Gasteiger partial charge in [0.2, 0.25) is 29.5 Å². The van der Waals surface area contributed by atoms with Crippen molar-refractivity contribution < 1.29 is 24.0 Å². The lowest BCUT2D eigenvalue weighted by Gasteiger charge is -2.20. The molecule has 11 N–H and O–H groups in total. The molecule has 13 nitrogen and oxygen atoms in total. The first-order valence-corrected chi connectivity index (χ1v) is 14.2. The molecule has 0 heterocycles. The third-order valence-electron chi connectivity index (χ3n) is 5.49. The van der Waals surface area contributed by atoms with Gasteiger partial charge < -0.3 is 43.8 Å². The van der Waals surface area contributed by atoms with Crippen molar-refractivity contribution in [1.82, 2.24) is 26.6 Å². The Bertz CT molecular complexity index is 691. The molecule has 1 unspecified atom stereocenters. The highest BCUT2D eigenvalue weighted by atomic mass is 16.2. The number of unbranched alkanes of at least 4 members (excludes halogenated alkanes) is 3. The zero-order valence-corrected chi connectivity index (χ0v) is 24.2. The molecule has 0 fully saturated rings. The van der Waals surface area contributed by atoms with Gasteiger partial charge in [0.05, 0.1) is 13.1 Å². The van der Waals surface area contributed by atoms with Crippen LogP contribution < -0.4 is 43.8 Å². The van der Waals surface area contributed by atoms with Crippen LogP contribution >= 0.6 is 0 Å². The number of amides is 5. The van der Waals surface area contributed by atoms with Gasteiger partial charge in [-0.25, -0.2) is 0 Å². The van der Waals surface area contributed by atoms with Gasteiger partial charge in [-0.1, -0.05) is 27.2 Å². The molecular formula is C26H54N8O5. The number of nitrogens with one attached hydrogen (secondary N) is 5. The Kier molecular flexibility index (Phi) is 26.4. The first-order chi connectivity index (χ1) is 18.7. The average Bonchev–Trinajstić information content (AvgIpc) is 2.93. The summed E-state index contributed by atoms with van der Waals surface area (Å²) in [5, 5.41) is 13.0. The molecule has 39 heavy (non-hydrogen) atoms. The van der Waals surface area contributed by atoms with Crippen molar-refractivity contribution in [3.05, 3.63) is 0 Å². The van der Waals surface area contributed by atoms with Gasteiger partial charge in [-0.15, -0.1) is 0 Å². The highest BCUT2D eigenvalue weighted by molar-refractivity contribution is 5.93. The monoisotopic (exact) mass is 558 g/mol. The maximum Gasteiger partial charge on any atom is 0.243 e. The summed E-state index contributed by atoms with van der Waals surface area (Å²) in [6, 6.07) is -1.59. The minimum Gasteiger partial charge on any atom is -0.354 e. The van der Waals surface area contributed by atoms with Crippen molar-refractivity contribution in [3.8, 4) is 0 Å². The Balaban J connectivity index is 0. The summed E-state index contributed by atoms with van der Waals surface area (Å²) in [6.45, 7) is 7.42. The lowest BCUT2D eigenvalue weighted by molar-refractivity contribution is -0.132. The molecule has 228 valence electrons. The van der Waals surface area contributed by atoms with Gasteiger partial charge in [0.15, 0.2) is 0 Å². The van der Waals surface area contributed by atoms with Crippen molar-refractivity contribution in [2.24, 2.45) is 17.2 Å². The van der Waals surface area contributed by atoms with Gasteiger partial charge in [0.25, 0.3) is 0 Å². The SMILES string of the molecule is CCCCN.CCCNC(=O)[C@H](CCCCN)NC(=O)CNC(=O)C(CCCCN)NC(=O)CNC(=O)CC. The number of hydrogen-bond donors (Lipinski definition) is 8. The topological polar surface area (TPSA) is 224 Å². The molecule has 2 atom stereocenters. The van der Waals surface area contributed by atoms with E-state index in [0.29, 0.717) is 51.7 Å². The molecule has 0 saturated heterocycles. The normalized spacial score (nSPS) is 11.7. The van der Waals surface area contributed by atoms with Crippen LogP contribution in [0.4, 0.5) is 0 Å². The number of nitrogens with two attached hydrogens (primary N) is 3. The molecule has 5 amide bonds. The summed E-state index contributed by atoms with van der Waals surface area (Å²) in [7, 11) is 0. The molecule has 0 bridgehead atoms. The molecule has 13 heteroatoms. The van der Waals surface area contributed by atoms with Gasteiger partial charge in [-0.3, -0.25) is 24.0 Å². The van der Waals surface area contributed by atoms with Crippen molar-refractivity contribution in [1.29, 1.82) is 0 Å². The minimum atomic E-state index is -0.876. The third kappa shape index (κ3) is 22.9. The van der Waals surface area contributed by atoms with Crippen molar-refractivity contribution >= 4 is 29.5 Å². The number of rotatable bonds is 21. The molecule has 0 aliphatic heterocycles. The zero-order valence-electron chi connectivity index (χ0n) is 24.2. The van der Waals surface area contributed by atoms with E-state index in [1.807, 2.05) is 6.92 Å². The first-order valence-electron chi connectivity index (χ1n) is 14.2. The lowest BCUT2D eigenvalue weighted by atomic mass is 10.1. The maximum absolute atomic E-state index is 12.6. The fraction of sp³-hybridized carbons (Fsp3) is 0.808. The molecule has 0 aromatic heterocycles. The van der Waals surface area contributed by atoms with Crippen LogP contribution in [-0.4, -0.2) is 80.9 Å². The van der Waals surface area contributed by atoms with E-state index in [4.69, 9.17) is 17.2 Å². The van der Waals surface area contributed by atoms with E-state index in [0.717, 1.165) is 19.4 Å². The predicted octanol–water partition coefficient (Wildman–Crippen LogP) is -0.872. The summed E-state index contributed by atoms with van der Waals surface area (Å²) in [5.41, 5.74) is 16.2. The Morgan fingerprint density at radius 3 is 1.41 bits per heavy atom. The molecule has 0 saturated carbocycles. The smallest absolute Gasteiger partial charge is 0.243 e. The van der Waals surface area contributed by atoms with Gasteiger partial charge in [0, 0.05) is 13.0 Å². The van der Waals surface area contributed by atoms with E-state index < -0.39 is 29.8 Å². The van der Waals surface area contributed by atoms with Crippen molar-refractivity contribution in [2.75, 3.05) is 39.3 Å². The van der Waals surface area contributed by atoms with E-state index in [1.54, 1.807) is 6.92 Å². The van der Waals surface area contributed by atoms with Crippen LogP contribution in [0.2, 0.25) is 0 Å². The van der Waals surface area contributed by atoms with E-state index in [1.165, 1.54) is 12.8 Å². The molecule has 0 aliphatic carbocycles. The van der Waals surface area contributed by atoms with Crippen molar-refractivity contribution in [3.63, 3.8) is 0 Å². The quantitative estimate of drug-likeness (QED) is 0.0824. The second-order valence-corrected chi connectivity index (χ2v) is 9.09. The van der Waals surface area contributed by atoms with Gasteiger partial charge in [-0.2, -0.15) is 0 Å². The van der Waals surface area contributed by atoms with E-state index in [-0.39, 0.29) is 31.3 Å². The second-order valence-electron chi connectivity index (χ2n) is 9.09. The highest BCUT2D eigenvalue weighted by Gasteiger charge is 2.23. The Morgan fingerprint density at radius 1 is 0.564 bits per heavy atom. The minimum absolute atomic E-state index is 0.243. The largest absolute Gasteiger partial charge is 0.354 e.